The molecule has 1 amide bonds. The van der Waals surface area contributed by atoms with Gasteiger partial charge in [-0.15, -0.1) is 11.3 Å². The van der Waals surface area contributed by atoms with Crippen molar-refractivity contribution in [3.63, 3.8) is 0 Å². The lowest BCUT2D eigenvalue weighted by molar-refractivity contribution is -0.129. The van der Waals surface area contributed by atoms with Gasteiger partial charge in [-0.25, -0.2) is 4.98 Å². The van der Waals surface area contributed by atoms with Crippen molar-refractivity contribution in [2.24, 2.45) is 5.92 Å². The van der Waals surface area contributed by atoms with E-state index in [2.05, 4.69) is 4.98 Å². The number of aliphatic hydroxyl groups is 1. The Morgan fingerprint density at radius 3 is 3.12 bits per heavy atom. The summed E-state index contributed by atoms with van der Waals surface area (Å²) in [5.41, 5.74) is 6.24. The van der Waals surface area contributed by atoms with Crippen LogP contribution in [0.5, 0.6) is 0 Å². The lowest BCUT2D eigenvalue weighted by Crippen LogP contribution is -2.30. The highest BCUT2D eigenvalue weighted by molar-refractivity contribution is 7.13. The number of aromatic nitrogens is 1. The van der Waals surface area contributed by atoms with Crippen LogP contribution < -0.4 is 5.73 Å². The van der Waals surface area contributed by atoms with E-state index in [0.29, 0.717) is 18.1 Å². The van der Waals surface area contributed by atoms with Gasteiger partial charge < -0.3 is 15.7 Å². The van der Waals surface area contributed by atoms with E-state index in [-0.39, 0.29) is 18.4 Å². The molecule has 1 aliphatic rings. The summed E-state index contributed by atoms with van der Waals surface area (Å²) in [7, 11) is 0. The minimum absolute atomic E-state index is 0.0706. The van der Waals surface area contributed by atoms with Crippen molar-refractivity contribution in [2.75, 3.05) is 25.4 Å². The normalized spacial score (nSPS) is 20.3. The minimum Gasteiger partial charge on any atom is -0.396 e. The number of carbonyl (C=O) groups excluding carboxylic acids is 1. The molecular weight excluding hydrogens is 226 g/mol. The molecule has 0 aromatic carbocycles. The van der Waals surface area contributed by atoms with Gasteiger partial charge in [0.1, 0.15) is 0 Å². The first kappa shape index (κ1) is 11.3. The highest BCUT2D eigenvalue weighted by Crippen LogP contribution is 2.17. The number of thiazole rings is 1. The number of amides is 1. The summed E-state index contributed by atoms with van der Waals surface area (Å²) < 4.78 is 0. The second kappa shape index (κ2) is 4.80. The third-order valence-corrected chi connectivity index (χ3v) is 3.52. The molecule has 1 aliphatic heterocycles. The molecule has 2 rings (SSSR count). The Bertz CT molecular complexity index is 380. The number of hydrogen-bond acceptors (Lipinski definition) is 5. The van der Waals surface area contributed by atoms with Crippen molar-refractivity contribution in [1.29, 1.82) is 0 Å². The van der Waals surface area contributed by atoms with Crippen LogP contribution in [-0.4, -0.2) is 40.6 Å². The standard InChI is InChI=1S/C10H15N3O2S/c11-10-12-8(6-16-10)3-9(15)13-2-1-7(4-13)5-14/h6-7,14H,1-5H2,(H2,11,12). The predicted molar refractivity (Wildman–Crippen MR) is 62.0 cm³/mol. The Labute approximate surface area is 97.9 Å². The Morgan fingerprint density at radius 1 is 1.75 bits per heavy atom. The van der Waals surface area contributed by atoms with Gasteiger partial charge in [0.25, 0.3) is 0 Å². The predicted octanol–water partition coefficient (Wildman–Crippen LogP) is 0.109. The molecule has 0 saturated carbocycles. The van der Waals surface area contributed by atoms with Crippen molar-refractivity contribution in [1.82, 2.24) is 9.88 Å². The maximum absolute atomic E-state index is 11.9. The Balaban J connectivity index is 1.89. The van der Waals surface area contributed by atoms with Gasteiger partial charge in [0, 0.05) is 31.0 Å². The SMILES string of the molecule is Nc1nc(CC(=O)N2CCC(CO)C2)cs1. The molecule has 5 nitrogen and oxygen atoms in total. The number of likely N-dealkylation sites (tertiary alicyclic amines) is 1. The second-order valence-corrected chi connectivity index (χ2v) is 4.92. The van der Waals surface area contributed by atoms with Crippen molar-refractivity contribution in [3.8, 4) is 0 Å². The molecule has 6 heteroatoms. The zero-order valence-corrected chi connectivity index (χ0v) is 9.74. The molecule has 1 unspecified atom stereocenters. The lowest BCUT2D eigenvalue weighted by Gasteiger charge is -2.15. The van der Waals surface area contributed by atoms with E-state index in [9.17, 15) is 4.79 Å². The first-order chi connectivity index (χ1) is 7.69. The molecule has 1 fully saturated rings. The molecule has 88 valence electrons. The fraction of sp³-hybridized carbons (Fsp3) is 0.600. The number of hydrogen-bond donors (Lipinski definition) is 2. The average molecular weight is 241 g/mol. The first-order valence-electron chi connectivity index (χ1n) is 5.27. The molecule has 0 bridgehead atoms. The Morgan fingerprint density at radius 2 is 2.56 bits per heavy atom. The fourth-order valence-corrected chi connectivity index (χ4v) is 2.44. The summed E-state index contributed by atoms with van der Waals surface area (Å²) in [5.74, 6) is 0.311. The molecule has 0 aliphatic carbocycles. The van der Waals surface area contributed by atoms with Gasteiger partial charge in [-0.05, 0) is 6.42 Å². The summed E-state index contributed by atoms with van der Waals surface area (Å²) in [5, 5.41) is 11.3. The van der Waals surface area contributed by atoms with Gasteiger partial charge in [0.05, 0.1) is 12.1 Å². The van der Waals surface area contributed by atoms with E-state index in [1.807, 2.05) is 5.38 Å². The number of anilines is 1. The van der Waals surface area contributed by atoms with E-state index < -0.39 is 0 Å². The molecule has 1 saturated heterocycles. The summed E-state index contributed by atoms with van der Waals surface area (Å²) >= 11 is 1.35. The van der Waals surface area contributed by atoms with Crippen LogP contribution in [0.1, 0.15) is 12.1 Å². The molecule has 0 spiro atoms. The van der Waals surface area contributed by atoms with Gasteiger partial charge in [-0.3, -0.25) is 4.79 Å². The topological polar surface area (TPSA) is 79.5 Å². The first-order valence-corrected chi connectivity index (χ1v) is 6.15. The Hall–Kier alpha value is -1.14. The number of carbonyl (C=O) groups is 1. The van der Waals surface area contributed by atoms with Crippen molar-refractivity contribution in [3.05, 3.63) is 11.1 Å². The van der Waals surface area contributed by atoms with Crippen LogP contribution in [0.15, 0.2) is 5.38 Å². The van der Waals surface area contributed by atoms with Crippen molar-refractivity contribution in [2.45, 2.75) is 12.8 Å². The van der Waals surface area contributed by atoms with Gasteiger partial charge >= 0.3 is 0 Å². The van der Waals surface area contributed by atoms with E-state index >= 15 is 0 Å². The number of nitrogens with two attached hydrogens (primary N) is 1. The van der Waals surface area contributed by atoms with Crippen molar-refractivity contribution < 1.29 is 9.90 Å². The maximum Gasteiger partial charge on any atom is 0.228 e. The van der Waals surface area contributed by atoms with Crippen molar-refractivity contribution >= 4 is 22.4 Å². The quantitative estimate of drug-likeness (QED) is 0.787. The number of rotatable bonds is 3. The monoisotopic (exact) mass is 241 g/mol. The molecule has 2 heterocycles. The van der Waals surface area contributed by atoms with Crippen LogP contribution in [0.25, 0.3) is 0 Å². The fourth-order valence-electron chi connectivity index (χ4n) is 1.88. The van der Waals surface area contributed by atoms with E-state index in [1.165, 1.54) is 11.3 Å². The van der Waals surface area contributed by atoms with E-state index in [1.54, 1.807) is 4.90 Å². The Kier molecular flexibility index (Phi) is 3.40. The lowest BCUT2D eigenvalue weighted by atomic mass is 10.1. The molecule has 1 atom stereocenters. The zero-order chi connectivity index (χ0) is 11.5. The third-order valence-electron chi connectivity index (χ3n) is 2.80. The van der Waals surface area contributed by atoms with E-state index in [4.69, 9.17) is 10.8 Å². The van der Waals surface area contributed by atoms with Crippen LogP contribution in [-0.2, 0) is 11.2 Å². The summed E-state index contributed by atoms with van der Waals surface area (Å²) in [6.45, 7) is 1.56. The van der Waals surface area contributed by atoms with E-state index in [0.717, 1.165) is 18.7 Å². The summed E-state index contributed by atoms with van der Waals surface area (Å²) in [6, 6.07) is 0. The largest absolute Gasteiger partial charge is 0.396 e. The zero-order valence-electron chi connectivity index (χ0n) is 8.93. The highest BCUT2D eigenvalue weighted by Gasteiger charge is 2.25. The summed E-state index contributed by atoms with van der Waals surface area (Å²) in [4.78, 5) is 17.7. The molecule has 1 aromatic heterocycles. The van der Waals surface area contributed by atoms with Crippen LogP contribution in [0.3, 0.4) is 0 Å². The number of nitrogen functional groups attached to an aromatic ring is 1. The van der Waals surface area contributed by atoms with Gasteiger partial charge in [-0.2, -0.15) is 0 Å². The number of nitrogens with zero attached hydrogens (tertiary/aromatic N) is 2. The average Bonchev–Trinajstić information content (AvgIpc) is 2.87. The maximum atomic E-state index is 11.9. The van der Waals surface area contributed by atoms with Gasteiger partial charge in [0.15, 0.2) is 5.13 Å². The van der Waals surface area contributed by atoms with Crippen LogP contribution in [0.2, 0.25) is 0 Å². The number of aliphatic hydroxyl groups excluding tert-OH is 1. The van der Waals surface area contributed by atoms with Crippen LogP contribution in [0, 0.1) is 5.92 Å². The van der Waals surface area contributed by atoms with Gasteiger partial charge in [0.2, 0.25) is 5.91 Å². The van der Waals surface area contributed by atoms with Crippen LogP contribution in [0.4, 0.5) is 5.13 Å². The molecule has 1 aromatic rings. The molecule has 3 N–H and O–H groups in total. The second-order valence-electron chi connectivity index (χ2n) is 4.03. The minimum atomic E-state index is 0.0706. The molecule has 0 radical (unpaired) electrons. The molecular formula is C10H15N3O2S. The third kappa shape index (κ3) is 2.51. The van der Waals surface area contributed by atoms with Crippen LogP contribution >= 0.6 is 11.3 Å². The van der Waals surface area contributed by atoms with Gasteiger partial charge in [-0.1, -0.05) is 0 Å². The molecule has 16 heavy (non-hydrogen) atoms. The summed E-state index contributed by atoms with van der Waals surface area (Å²) in [6.07, 6.45) is 1.20. The highest BCUT2D eigenvalue weighted by atomic mass is 32.1. The smallest absolute Gasteiger partial charge is 0.228 e.